The van der Waals surface area contributed by atoms with Gasteiger partial charge in [-0.2, -0.15) is 0 Å². The zero-order valence-corrected chi connectivity index (χ0v) is 4.29. The first-order valence-corrected chi connectivity index (χ1v) is 1.90. The van der Waals surface area contributed by atoms with Gasteiger partial charge in [0, 0.05) is 0 Å². The normalized spacial score (nSPS) is 10.9. The molecule has 4 heteroatoms. The van der Waals surface area contributed by atoms with Crippen LogP contribution in [-0.2, 0) is 9.59 Å². The molecule has 1 amide bonds. The Morgan fingerprint density at radius 2 is 2.25 bits per heavy atom. The number of carboxylic acids is 1. The molecule has 0 aromatic heterocycles. The van der Waals surface area contributed by atoms with Gasteiger partial charge < -0.3 is 5.11 Å². The lowest BCUT2D eigenvalue weighted by molar-refractivity contribution is -0.129. The molecule has 8 heavy (non-hydrogen) atoms. The predicted molar refractivity (Wildman–Crippen MR) is 26.8 cm³/mol. The van der Waals surface area contributed by atoms with Crippen molar-refractivity contribution in [1.82, 2.24) is 0 Å². The Labute approximate surface area is 45.8 Å². The van der Waals surface area contributed by atoms with Crippen LogP contribution in [0.25, 0.3) is 0 Å². The van der Waals surface area contributed by atoms with Crippen molar-refractivity contribution in [3.63, 3.8) is 0 Å². The SMILES string of the molecule is CC(=NC=O)C(=O)O. The van der Waals surface area contributed by atoms with Crippen LogP contribution in [0.1, 0.15) is 6.92 Å². The van der Waals surface area contributed by atoms with Gasteiger partial charge >= 0.3 is 5.97 Å². The predicted octanol–water partition coefficient (Wildman–Crippen LogP) is -0.312. The number of hydrogen-bond donors (Lipinski definition) is 1. The number of carboxylic acid groups (broad SMARTS) is 1. The Morgan fingerprint density at radius 1 is 1.75 bits per heavy atom. The lowest BCUT2D eigenvalue weighted by Gasteiger charge is -1.82. The molecule has 0 aromatic rings. The second-order valence-corrected chi connectivity index (χ2v) is 1.13. The van der Waals surface area contributed by atoms with Crippen LogP contribution in [0.2, 0.25) is 0 Å². The topological polar surface area (TPSA) is 66.7 Å². The van der Waals surface area contributed by atoms with Crippen molar-refractivity contribution >= 4 is 18.1 Å². The molecule has 0 rings (SSSR count). The van der Waals surface area contributed by atoms with Crippen molar-refractivity contribution in [3.05, 3.63) is 0 Å². The molecule has 0 aliphatic carbocycles. The van der Waals surface area contributed by atoms with Gasteiger partial charge in [-0.1, -0.05) is 0 Å². The first-order chi connectivity index (χ1) is 3.68. The maximum absolute atomic E-state index is 9.80. The average Bonchev–Trinajstić information content (AvgIpc) is 1.67. The van der Waals surface area contributed by atoms with Crippen LogP contribution in [0.15, 0.2) is 4.99 Å². The molecular formula is C4H5NO3. The zero-order valence-electron chi connectivity index (χ0n) is 4.29. The second kappa shape index (κ2) is 2.90. The van der Waals surface area contributed by atoms with Gasteiger partial charge in [-0.3, -0.25) is 4.79 Å². The van der Waals surface area contributed by atoms with Crippen molar-refractivity contribution in [3.8, 4) is 0 Å². The zero-order chi connectivity index (χ0) is 6.57. The minimum atomic E-state index is -1.17. The van der Waals surface area contributed by atoms with Crippen molar-refractivity contribution in [2.24, 2.45) is 4.99 Å². The van der Waals surface area contributed by atoms with Gasteiger partial charge in [0.1, 0.15) is 5.71 Å². The Bertz CT molecular complexity index is 138. The Kier molecular flexibility index (Phi) is 2.47. The summed E-state index contributed by atoms with van der Waals surface area (Å²) in [6.07, 6.45) is 0.198. The minimum absolute atomic E-state index is 0.194. The van der Waals surface area contributed by atoms with E-state index in [4.69, 9.17) is 5.11 Å². The van der Waals surface area contributed by atoms with E-state index in [1.807, 2.05) is 0 Å². The molecule has 1 N–H and O–H groups in total. The van der Waals surface area contributed by atoms with E-state index in [1.54, 1.807) is 0 Å². The third kappa shape index (κ3) is 2.07. The summed E-state index contributed by atoms with van der Waals surface area (Å²) in [5.74, 6) is -1.17. The highest BCUT2D eigenvalue weighted by Crippen LogP contribution is 1.71. The van der Waals surface area contributed by atoms with Gasteiger partial charge in [0.2, 0.25) is 6.41 Å². The smallest absolute Gasteiger partial charge is 0.350 e. The number of carbonyl (C=O) groups is 2. The van der Waals surface area contributed by atoms with Crippen LogP contribution in [0.5, 0.6) is 0 Å². The van der Waals surface area contributed by atoms with E-state index < -0.39 is 5.97 Å². The summed E-state index contributed by atoms with van der Waals surface area (Å²) in [5, 5.41) is 8.02. The van der Waals surface area contributed by atoms with Crippen LogP contribution >= 0.6 is 0 Å². The summed E-state index contributed by atoms with van der Waals surface area (Å²) in [6, 6.07) is 0. The van der Waals surface area contributed by atoms with E-state index in [0.717, 1.165) is 0 Å². The molecule has 0 saturated carbocycles. The molecular weight excluding hydrogens is 110 g/mol. The maximum atomic E-state index is 9.80. The molecule has 0 aromatic carbocycles. The number of aliphatic carboxylic acids is 1. The standard InChI is InChI=1S/C4H5NO3/c1-3(4(7)8)5-2-6/h2H,1H3,(H,7,8). The van der Waals surface area contributed by atoms with Crippen LogP contribution in [0.3, 0.4) is 0 Å². The summed E-state index contributed by atoms with van der Waals surface area (Å²) in [6.45, 7) is 1.25. The second-order valence-electron chi connectivity index (χ2n) is 1.13. The van der Waals surface area contributed by atoms with Gasteiger partial charge in [0.15, 0.2) is 0 Å². The number of aliphatic imine (C=N–C) groups is 1. The Morgan fingerprint density at radius 3 is 2.38 bits per heavy atom. The molecule has 4 nitrogen and oxygen atoms in total. The summed E-state index contributed by atoms with van der Waals surface area (Å²) in [7, 11) is 0. The third-order valence-electron chi connectivity index (χ3n) is 0.556. The highest BCUT2D eigenvalue weighted by atomic mass is 16.4. The van der Waals surface area contributed by atoms with Crippen LogP contribution < -0.4 is 0 Å². The van der Waals surface area contributed by atoms with Gasteiger partial charge in [-0.25, -0.2) is 9.79 Å². The van der Waals surface area contributed by atoms with E-state index in [0.29, 0.717) is 0 Å². The number of amides is 1. The minimum Gasteiger partial charge on any atom is -0.477 e. The monoisotopic (exact) mass is 115 g/mol. The van der Waals surface area contributed by atoms with Crippen molar-refractivity contribution in [2.45, 2.75) is 6.92 Å². The lowest BCUT2D eigenvalue weighted by Crippen LogP contribution is -2.07. The summed E-state index contributed by atoms with van der Waals surface area (Å²) >= 11 is 0. The largest absolute Gasteiger partial charge is 0.477 e. The maximum Gasteiger partial charge on any atom is 0.350 e. The fraction of sp³-hybridized carbons (Fsp3) is 0.250. The van der Waals surface area contributed by atoms with E-state index in [1.165, 1.54) is 6.92 Å². The molecule has 0 spiro atoms. The molecule has 0 radical (unpaired) electrons. The molecule has 0 heterocycles. The summed E-state index contributed by atoms with van der Waals surface area (Å²) in [4.78, 5) is 22.2. The quantitative estimate of drug-likeness (QED) is 0.396. The molecule has 0 saturated heterocycles. The van der Waals surface area contributed by atoms with Gasteiger partial charge in [0.05, 0.1) is 0 Å². The van der Waals surface area contributed by atoms with Gasteiger partial charge in [0.25, 0.3) is 0 Å². The van der Waals surface area contributed by atoms with Crippen LogP contribution in [0, 0.1) is 0 Å². The first kappa shape index (κ1) is 6.81. The van der Waals surface area contributed by atoms with Crippen LogP contribution in [0.4, 0.5) is 0 Å². The van der Waals surface area contributed by atoms with Crippen molar-refractivity contribution in [2.75, 3.05) is 0 Å². The van der Waals surface area contributed by atoms with E-state index in [9.17, 15) is 9.59 Å². The van der Waals surface area contributed by atoms with Crippen molar-refractivity contribution in [1.29, 1.82) is 0 Å². The molecule has 0 atom stereocenters. The van der Waals surface area contributed by atoms with E-state index >= 15 is 0 Å². The van der Waals surface area contributed by atoms with Gasteiger partial charge in [-0.05, 0) is 6.92 Å². The highest BCUT2D eigenvalue weighted by Gasteiger charge is 1.97. The highest BCUT2D eigenvalue weighted by molar-refractivity contribution is 6.35. The lowest BCUT2D eigenvalue weighted by atomic mass is 10.4. The Hall–Kier alpha value is -1.19. The first-order valence-electron chi connectivity index (χ1n) is 1.90. The summed E-state index contributed by atoms with van der Waals surface area (Å²) in [5.41, 5.74) is -0.194. The fourth-order valence-corrected chi connectivity index (χ4v) is 0.134. The van der Waals surface area contributed by atoms with E-state index in [-0.39, 0.29) is 12.1 Å². The fourth-order valence-electron chi connectivity index (χ4n) is 0.134. The number of nitrogens with zero attached hydrogens (tertiary/aromatic N) is 1. The molecule has 0 bridgehead atoms. The van der Waals surface area contributed by atoms with Crippen LogP contribution in [-0.4, -0.2) is 23.2 Å². The summed E-state index contributed by atoms with van der Waals surface area (Å²) < 4.78 is 0. The Balaban J connectivity index is 3.99. The van der Waals surface area contributed by atoms with Gasteiger partial charge in [-0.15, -0.1) is 0 Å². The molecule has 0 unspecified atom stereocenters. The molecule has 0 fully saturated rings. The number of carbonyl (C=O) groups excluding carboxylic acids is 1. The molecule has 0 aliphatic heterocycles. The molecule has 44 valence electrons. The third-order valence-corrected chi connectivity index (χ3v) is 0.556. The molecule has 0 aliphatic rings. The average molecular weight is 115 g/mol. The number of hydrogen-bond acceptors (Lipinski definition) is 2. The number of rotatable bonds is 2. The van der Waals surface area contributed by atoms with E-state index in [2.05, 4.69) is 4.99 Å². The van der Waals surface area contributed by atoms with Crippen molar-refractivity contribution < 1.29 is 14.7 Å².